The van der Waals surface area contributed by atoms with Crippen LogP contribution in [0.1, 0.15) is 6.92 Å². The van der Waals surface area contributed by atoms with Gasteiger partial charge in [-0.15, -0.1) is 0 Å². The van der Waals surface area contributed by atoms with Crippen LogP contribution in [-0.2, 0) is 4.79 Å². The molecule has 0 aliphatic carbocycles. The number of nitrogens with zero attached hydrogens (tertiary/aromatic N) is 2. The summed E-state index contributed by atoms with van der Waals surface area (Å²) >= 11 is 3.35. The van der Waals surface area contributed by atoms with E-state index in [0.29, 0.717) is 5.82 Å². The summed E-state index contributed by atoms with van der Waals surface area (Å²) in [4.78, 5) is 19.0. The van der Waals surface area contributed by atoms with Gasteiger partial charge in [0.05, 0.1) is 12.1 Å². The van der Waals surface area contributed by atoms with E-state index in [1.54, 1.807) is 0 Å². The molecule has 0 radical (unpaired) electrons. The lowest BCUT2D eigenvalue weighted by Gasteiger charge is -2.19. The van der Waals surface area contributed by atoms with E-state index in [4.69, 9.17) is 5.11 Å². The summed E-state index contributed by atoms with van der Waals surface area (Å²) < 4.78 is 0.891. The smallest absolute Gasteiger partial charge is 0.337 e. The lowest BCUT2D eigenvalue weighted by atomic mass is 10.1. The first-order chi connectivity index (χ1) is 8.90. The molecule has 2 rings (SSSR count). The molecule has 1 heterocycles. The normalized spacial score (nSPS) is 14.1. The van der Waals surface area contributed by atoms with Gasteiger partial charge in [0.1, 0.15) is 12.1 Å². The van der Waals surface area contributed by atoms with Gasteiger partial charge in [-0.3, -0.25) is 0 Å². The van der Waals surface area contributed by atoms with Crippen molar-refractivity contribution in [3.8, 4) is 0 Å². The zero-order chi connectivity index (χ0) is 14.0. The molecular formula is C12H12BrN3O3. The minimum atomic E-state index is -1.85. The minimum absolute atomic E-state index is 0.148. The highest BCUT2D eigenvalue weighted by molar-refractivity contribution is 9.10. The topological polar surface area (TPSA) is 95.3 Å². The van der Waals surface area contributed by atoms with E-state index in [2.05, 4.69) is 31.2 Å². The van der Waals surface area contributed by atoms with Crippen LogP contribution in [0.25, 0.3) is 10.9 Å². The van der Waals surface area contributed by atoms with E-state index >= 15 is 0 Å². The number of fused-ring (bicyclic) bond motifs is 1. The molecular weight excluding hydrogens is 314 g/mol. The van der Waals surface area contributed by atoms with Gasteiger partial charge in [-0.05, 0) is 25.1 Å². The van der Waals surface area contributed by atoms with Crippen LogP contribution in [-0.4, -0.2) is 38.3 Å². The second-order valence-electron chi connectivity index (χ2n) is 4.32. The molecule has 1 atom stereocenters. The molecule has 1 unspecified atom stereocenters. The van der Waals surface area contributed by atoms with Crippen molar-refractivity contribution in [3.63, 3.8) is 0 Å². The quantitative estimate of drug-likeness (QED) is 0.791. The zero-order valence-corrected chi connectivity index (χ0v) is 11.7. The Morgan fingerprint density at radius 3 is 2.89 bits per heavy atom. The third-order valence-electron chi connectivity index (χ3n) is 2.66. The lowest BCUT2D eigenvalue weighted by Crippen LogP contribution is -2.42. The van der Waals surface area contributed by atoms with Gasteiger partial charge in [0.25, 0.3) is 0 Å². The van der Waals surface area contributed by atoms with Crippen LogP contribution < -0.4 is 5.32 Å². The van der Waals surface area contributed by atoms with Crippen LogP contribution in [0, 0.1) is 0 Å². The van der Waals surface area contributed by atoms with Gasteiger partial charge in [-0.2, -0.15) is 0 Å². The Kier molecular flexibility index (Phi) is 3.68. The first kappa shape index (κ1) is 13.7. The first-order valence-electron chi connectivity index (χ1n) is 5.50. The second kappa shape index (κ2) is 5.10. The van der Waals surface area contributed by atoms with E-state index < -0.39 is 11.6 Å². The summed E-state index contributed by atoms with van der Waals surface area (Å²) in [6.45, 7) is 1.08. The molecule has 2 aromatic rings. The van der Waals surface area contributed by atoms with Crippen LogP contribution in [0.15, 0.2) is 29.0 Å². The van der Waals surface area contributed by atoms with E-state index in [1.807, 2.05) is 18.2 Å². The third kappa shape index (κ3) is 2.99. The fourth-order valence-electron chi connectivity index (χ4n) is 1.50. The summed E-state index contributed by atoms with van der Waals surface area (Å²) in [5, 5.41) is 22.1. The van der Waals surface area contributed by atoms with Crippen LogP contribution in [0.3, 0.4) is 0 Å². The summed E-state index contributed by atoms with van der Waals surface area (Å²) in [6, 6.07) is 5.49. The third-order valence-corrected chi connectivity index (χ3v) is 3.15. The maximum absolute atomic E-state index is 10.8. The number of carboxylic acids is 1. The van der Waals surface area contributed by atoms with Crippen molar-refractivity contribution in [2.24, 2.45) is 0 Å². The number of aliphatic carboxylic acids is 1. The molecule has 3 N–H and O–H groups in total. The number of aliphatic hydroxyl groups is 1. The Bertz CT molecular complexity index is 631. The molecule has 0 fully saturated rings. The molecule has 19 heavy (non-hydrogen) atoms. The fourth-order valence-corrected chi connectivity index (χ4v) is 1.85. The van der Waals surface area contributed by atoms with Crippen LogP contribution in [0.4, 0.5) is 5.82 Å². The Labute approximate surface area is 117 Å². The maximum Gasteiger partial charge on any atom is 0.337 e. The van der Waals surface area contributed by atoms with Crippen molar-refractivity contribution in [3.05, 3.63) is 29.0 Å². The van der Waals surface area contributed by atoms with Crippen molar-refractivity contribution in [2.45, 2.75) is 12.5 Å². The number of benzene rings is 1. The summed E-state index contributed by atoms with van der Waals surface area (Å²) in [7, 11) is 0. The van der Waals surface area contributed by atoms with E-state index in [0.717, 1.165) is 15.4 Å². The molecule has 6 nitrogen and oxygen atoms in total. The molecule has 7 heteroatoms. The Morgan fingerprint density at radius 2 is 2.21 bits per heavy atom. The van der Waals surface area contributed by atoms with Crippen LogP contribution in [0.5, 0.6) is 0 Å². The van der Waals surface area contributed by atoms with E-state index in [1.165, 1.54) is 13.3 Å². The van der Waals surface area contributed by atoms with Crippen LogP contribution >= 0.6 is 15.9 Å². The monoisotopic (exact) mass is 325 g/mol. The van der Waals surface area contributed by atoms with Crippen molar-refractivity contribution in [1.29, 1.82) is 0 Å². The van der Waals surface area contributed by atoms with Crippen molar-refractivity contribution in [2.75, 3.05) is 11.9 Å². The number of halogens is 1. The second-order valence-corrected chi connectivity index (χ2v) is 5.23. The van der Waals surface area contributed by atoms with Crippen molar-refractivity contribution in [1.82, 2.24) is 9.97 Å². The Hall–Kier alpha value is -1.73. The molecule has 0 spiro atoms. The number of nitrogens with one attached hydrogen (secondary N) is 1. The minimum Gasteiger partial charge on any atom is -0.479 e. The molecule has 0 saturated heterocycles. The fraction of sp³-hybridized carbons (Fsp3) is 0.250. The van der Waals surface area contributed by atoms with Gasteiger partial charge in [0, 0.05) is 9.86 Å². The first-order valence-corrected chi connectivity index (χ1v) is 6.29. The molecule has 100 valence electrons. The molecule has 1 aromatic carbocycles. The highest BCUT2D eigenvalue weighted by atomic mass is 79.9. The van der Waals surface area contributed by atoms with Gasteiger partial charge in [-0.25, -0.2) is 14.8 Å². The number of hydrogen-bond acceptors (Lipinski definition) is 5. The zero-order valence-electron chi connectivity index (χ0n) is 10.1. The molecule has 1 aromatic heterocycles. The molecule has 0 amide bonds. The van der Waals surface area contributed by atoms with E-state index in [9.17, 15) is 9.90 Å². The largest absolute Gasteiger partial charge is 0.479 e. The van der Waals surface area contributed by atoms with Gasteiger partial charge >= 0.3 is 5.97 Å². The van der Waals surface area contributed by atoms with Crippen molar-refractivity contribution >= 4 is 38.6 Å². The van der Waals surface area contributed by atoms with Crippen molar-refractivity contribution < 1.29 is 15.0 Å². The van der Waals surface area contributed by atoms with Gasteiger partial charge < -0.3 is 15.5 Å². The predicted molar refractivity (Wildman–Crippen MR) is 74.0 cm³/mol. The van der Waals surface area contributed by atoms with E-state index in [-0.39, 0.29) is 6.54 Å². The van der Waals surface area contributed by atoms with Gasteiger partial charge in [-0.1, -0.05) is 15.9 Å². The molecule has 0 bridgehead atoms. The van der Waals surface area contributed by atoms with Crippen LogP contribution in [0.2, 0.25) is 0 Å². The highest BCUT2D eigenvalue weighted by Crippen LogP contribution is 2.23. The standard InChI is InChI=1S/C12H12BrN3O3/c1-12(19,11(17)18)5-14-10-8-3-2-7(13)4-9(8)15-6-16-10/h2-4,6,19H,5H2,1H3,(H,17,18)(H,14,15,16). The number of aromatic nitrogens is 2. The highest BCUT2D eigenvalue weighted by Gasteiger charge is 2.29. The van der Waals surface area contributed by atoms with Gasteiger partial charge in [0.2, 0.25) is 0 Å². The molecule has 0 saturated carbocycles. The number of carboxylic acid groups (broad SMARTS) is 1. The number of anilines is 1. The lowest BCUT2D eigenvalue weighted by molar-refractivity contribution is -0.155. The number of hydrogen-bond donors (Lipinski definition) is 3. The Balaban J connectivity index is 2.29. The molecule has 0 aliphatic rings. The number of rotatable bonds is 4. The SMILES string of the molecule is CC(O)(CNc1ncnc2cc(Br)ccc12)C(=O)O. The average molecular weight is 326 g/mol. The Morgan fingerprint density at radius 1 is 1.47 bits per heavy atom. The maximum atomic E-state index is 10.8. The summed E-state index contributed by atoms with van der Waals surface area (Å²) in [6.07, 6.45) is 1.38. The average Bonchev–Trinajstić information content (AvgIpc) is 2.35. The predicted octanol–water partition coefficient (Wildman–Crippen LogP) is 1.64. The number of carbonyl (C=O) groups is 1. The molecule has 0 aliphatic heterocycles. The summed E-state index contributed by atoms with van der Waals surface area (Å²) in [5.74, 6) is -0.805. The summed E-state index contributed by atoms with van der Waals surface area (Å²) in [5.41, 5.74) is -1.13. The van der Waals surface area contributed by atoms with Gasteiger partial charge in [0.15, 0.2) is 5.60 Å².